The molecule has 0 saturated carbocycles. The van der Waals surface area contributed by atoms with E-state index in [4.69, 9.17) is 0 Å². The number of hydrogen-bond donors (Lipinski definition) is 0. The standard InChI is InChI=1S/C4H8.4CH3.Se.2Sn/c1-3-4-2;;;;;;;/h1-4H2;4*1H3;;;. The van der Waals surface area contributed by atoms with Crippen molar-refractivity contribution in [2.45, 2.75) is 41.5 Å². The van der Waals surface area contributed by atoms with E-state index in [1.165, 1.54) is 0 Å². The van der Waals surface area contributed by atoms with Crippen LogP contribution in [0.2, 0.25) is 28.6 Å². The summed E-state index contributed by atoms with van der Waals surface area (Å²) in [6, 6.07) is 0. The maximum absolute atomic E-state index is 2.51. The summed E-state index contributed by atoms with van der Waals surface area (Å²) in [5, 5.41) is 0. The minimum Gasteiger partial charge on any atom is 0 e. The molecule has 0 aliphatic heterocycles. The van der Waals surface area contributed by atoms with E-state index in [1.54, 1.807) is 21.7 Å². The zero-order chi connectivity index (χ0) is 7.98. The van der Waals surface area contributed by atoms with Gasteiger partial charge in [-0.25, -0.2) is 0 Å². The molecule has 0 nitrogen and oxygen atoms in total. The summed E-state index contributed by atoms with van der Waals surface area (Å²) < 4.78 is 3.28. The minimum absolute atomic E-state index is 0. The molecule has 0 unspecified atom stereocenters. The quantitative estimate of drug-likeness (QED) is 0.463. The van der Waals surface area contributed by atoms with Crippen LogP contribution in [0.1, 0.15) is 12.8 Å². The zero-order valence-corrected chi connectivity index (χ0v) is 15.7. The number of hydrogen-bond acceptors (Lipinski definition) is 0. The summed E-state index contributed by atoms with van der Waals surface area (Å²) in [6.45, 7) is 0. The average Bonchev–Trinajstić information content (AvgIpc) is 1.79. The first kappa shape index (κ1) is 15.6. The third kappa shape index (κ3) is 14.9. The smallest absolute Gasteiger partial charge is 0 e. The fourth-order valence-corrected chi connectivity index (χ4v) is 6.42. The predicted octanol–water partition coefficient (Wildman–Crippen LogP) is 2.89. The zero-order valence-electron chi connectivity index (χ0n) is 8.24. The molecule has 0 aromatic heterocycles. The molecule has 0 aromatic rings. The third-order valence-electron chi connectivity index (χ3n) is 1.60. The molecule has 4 radical (unpaired) electrons. The van der Waals surface area contributed by atoms with Crippen molar-refractivity contribution in [3.8, 4) is 0 Å². The van der Waals surface area contributed by atoms with Crippen molar-refractivity contribution >= 4 is 56.6 Å². The van der Waals surface area contributed by atoms with Gasteiger partial charge in [-0.3, -0.25) is 0 Å². The van der Waals surface area contributed by atoms with Gasteiger partial charge >= 0.3 is 81.0 Å². The monoisotopic (exact) mass is 436 g/mol. The Kier molecular flexibility index (Phi) is 14.4. The summed E-state index contributed by atoms with van der Waals surface area (Å²) >= 11 is -1.36. The van der Waals surface area contributed by atoms with Crippen molar-refractivity contribution in [1.82, 2.24) is 0 Å². The van der Waals surface area contributed by atoms with E-state index < -0.39 is 39.5 Å². The Morgan fingerprint density at radius 1 is 0.727 bits per heavy atom. The van der Waals surface area contributed by atoms with Gasteiger partial charge < -0.3 is 0 Å². The molecule has 0 fully saturated rings. The summed E-state index contributed by atoms with van der Waals surface area (Å²) in [7, 11) is 0. The van der Waals surface area contributed by atoms with Crippen molar-refractivity contribution in [1.29, 1.82) is 0 Å². The molecule has 0 N–H and O–H groups in total. The van der Waals surface area contributed by atoms with Crippen LogP contribution in [0, 0.1) is 0 Å². The van der Waals surface area contributed by atoms with Crippen LogP contribution in [-0.4, -0.2) is 56.6 Å². The second-order valence-corrected chi connectivity index (χ2v) is 20.3. The summed E-state index contributed by atoms with van der Waals surface area (Å²) in [4.78, 5) is 10.1. The van der Waals surface area contributed by atoms with Crippen LogP contribution in [0.25, 0.3) is 0 Å². The van der Waals surface area contributed by atoms with Gasteiger partial charge in [0.15, 0.2) is 0 Å². The van der Waals surface area contributed by atoms with Crippen molar-refractivity contribution in [2.75, 3.05) is 0 Å². The van der Waals surface area contributed by atoms with E-state index in [-0.39, 0.29) is 17.1 Å². The van der Waals surface area contributed by atoms with Crippen LogP contribution in [0.3, 0.4) is 0 Å². The largest absolute Gasteiger partial charge is 0 e. The Hall–Kier alpha value is 2.12. The van der Waals surface area contributed by atoms with Crippen LogP contribution >= 0.6 is 0 Å². The van der Waals surface area contributed by atoms with Crippen LogP contribution in [0.4, 0.5) is 0 Å². The maximum Gasteiger partial charge on any atom is 0 e. The molecular weight excluding hydrogens is 412 g/mol. The Labute approximate surface area is 96.9 Å². The molecule has 0 bridgehead atoms. The molecule has 0 amide bonds. The first-order chi connectivity index (χ1) is 4.63. The van der Waals surface area contributed by atoms with E-state index in [0.29, 0.717) is 0 Å². The van der Waals surface area contributed by atoms with Gasteiger partial charge in [0.2, 0.25) is 0 Å². The third-order valence-corrected chi connectivity index (χ3v) is 9.33. The Balaban J connectivity index is 0. The SMILES string of the molecule is [CH3][Sn]([CH3])[CH2]CC[CH2][Sn]([CH3])[CH3].[Se]. The Morgan fingerprint density at radius 2 is 1.00 bits per heavy atom. The van der Waals surface area contributed by atoms with Gasteiger partial charge in [0, 0.05) is 17.1 Å². The molecule has 11 heavy (non-hydrogen) atoms. The molecule has 0 aliphatic carbocycles. The van der Waals surface area contributed by atoms with E-state index in [1.807, 2.05) is 0 Å². The van der Waals surface area contributed by atoms with Gasteiger partial charge in [-0.05, 0) is 0 Å². The topological polar surface area (TPSA) is 0 Å². The molecule has 0 atom stereocenters. The summed E-state index contributed by atoms with van der Waals surface area (Å²) in [5.74, 6) is 0. The van der Waals surface area contributed by atoms with Crippen LogP contribution in [0.15, 0.2) is 0 Å². The van der Waals surface area contributed by atoms with Gasteiger partial charge in [-0.1, -0.05) is 0 Å². The fraction of sp³-hybridized carbons (Fsp3) is 1.00. The second kappa shape index (κ2) is 10.2. The first-order valence-corrected chi connectivity index (χ1v) is 19.7. The van der Waals surface area contributed by atoms with E-state index in [2.05, 4.69) is 19.8 Å². The number of rotatable bonds is 5. The van der Waals surface area contributed by atoms with Crippen LogP contribution in [0.5, 0.6) is 0 Å². The summed E-state index contributed by atoms with van der Waals surface area (Å²) in [6.07, 6.45) is 3.13. The van der Waals surface area contributed by atoms with E-state index >= 15 is 0 Å². The van der Waals surface area contributed by atoms with E-state index in [0.717, 1.165) is 0 Å². The van der Waals surface area contributed by atoms with Crippen molar-refractivity contribution < 1.29 is 0 Å². The average molecular weight is 433 g/mol. The molecule has 66 valence electrons. The van der Waals surface area contributed by atoms with Crippen molar-refractivity contribution in [2.24, 2.45) is 0 Å². The first-order valence-electron chi connectivity index (χ1n) is 4.21. The van der Waals surface area contributed by atoms with Gasteiger partial charge in [0.1, 0.15) is 0 Å². The van der Waals surface area contributed by atoms with E-state index in [9.17, 15) is 0 Å². The molecule has 0 heterocycles. The minimum atomic E-state index is -0.681. The predicted molar refractivity (Wildman–Crippen MR) is 59.6 cm³/mol. The van der Waals surface area contributed by atoms with Gasteiger partial charge in [0.25, 0.3) is 0 Å². The van der Waals surface area contributed by atoms with Gasteiger partial charge in [-0.15, -0.1) is 0 Å². The molecule has 0 aliphatic rings. The van der Waals surface area contributed by atoms with Gasteiger partial charge in [0.05, 0.1) is 0 Å². The normalized spacial score (nSPS) is 10.4. The van der Waals surface area contributed by atoms with Crippen molar-refractivity contribution in [3.63, 3.8) is 0 Å². The summed E-state index contributed by atoms with van der Waals surface area (Å²) in [5.41, 5.74) is 0. The molecule has 0 saturated heterocycles. The molecule has 0 rings (SSSR count). The molecule has 3 heteroatoms. The number of unbranched alkanes of at least 4 members (excludes halogenated alkanes) is 1. The Morgan fingerprint density at radius 3 is 1.18 bits per heavy atom. The Bertz CT molecular complexity index is 64.5. The molecule has 0 aromatic carbocycles. The van der Waals surface area contributed by atoms with Crippen LogP contribution in [-0.2, 0) is 0 Å². The molecule has 0 spiro atoms. The molecular formula is C8H20SeSn2. The van der Waals surface area contributed by atoms with Gasteiger partial charge in [-0.2, -0.15) is 0 Å². The second-order valence-electron chi connectivity index (χ2n) is 3.62. The maximum atomic E-state index is 2.51. The van der Waals surface area contributed by atoms with Crippen LogP contribution < -0.4 is 0 Å². The fourth-order valence-electron chi connectivity index (χ4n) is 0.957. The van der Waals surface area contributed by atoms with Crippen molar-refractivity contribution in [3.05, 3.63) is 0 Å².